The molecule has 0 heterocycles. The molecule has 6 heteroatoms. The maximum atomic E-state index is 12.0. The molecule has 2 aromatic rings. The van der Waals surface area contributed by atoms with Gasteiger partial charge in [-0.15, -0.1) is 0 Å². The normalized spacial score (nSPS) is 9.80. The highest BCUT2D eigenvalue weighted by atomic mass is 35.5. The Morgan fingerprint density at radius 2 is 1.95 bits per heavy atom. The van der Waals surface area contributed by atoms with Crippen LogP contribution in [0.15, 0.2) is 36.4 Å². The summed E-state index contributed by atoms with van der Waals surface area (Å²) in [5, 5.41) is 30.4. The van der Waals surface area contributed by atoms with Crippen molar-refractivity contribution >= 4 is 23.2 Å². The molecule has 3 N–H and O–H groups in total. The summed E-state index contributed by atoms with van der Waals surface area (Å²) in [5.74, 6) is -0.981. The van der Waals surface area contributed by atoms with E-state index in [0.29, 0.717) is 11.3 Å². The van der Waals surface area contributed by atoms with Gasteiger partial charge >= 0.3 is 0 Å². The van der Waals surface area contributed by atoms with Crippen LogP contribution in [0.2, 0.25) is 5.02 Å². The van der Waals surface area contributed by atoms with Crippen LogP contribution in [-0.2, 0) is 0 Å². The number of hydrogen-bond acceptors (Lipinski definition) is 4. The minimum absolute atomic E-state index is 0.0644. The summed E-state index contributed by atoms with van der Waals surface area (Å²) in [6, 6.07) is 9.96. The van der Waals surface area contributed by atoms with E-state index in [0.717, 1.165) is 6.07 Å². The Morgan fingerprint density at radius 3 is 2.60 bits per heavy atom. The van der Waals surface area contributed by atoms with Crippen LogP contribution < -0.4 is 5.32 Å². The van der Waals surface area contributed by atoms with Gasteiger partial charge in [-0.05, 0) is 36.4 Å². The number of carbonyl (C=O) groups excluding carboxylic acids is 1. The topological polar surface area (TPSA) is 93.4 Å². The van der Waals surface area contributed by atoms with Gasteiger partial charge < -0.3 is 15.5 Å². The molecule has 0 bridgehead atoms. The zero-order valence-electron chi connectivity index (χ0n) is 10.1. The summed E-state index contributed by atoms with van der Waals surface area (Å²) >= 11 is 5.85. The van der Waals surface area contributed by atoms with E-state index in [4.69, 9.17) is 16.9 Å². The van der Waals surface area contributed by atoms with Gasteiger partial charge in [0.1, 0.15) is 17.6 Å². The molecule has 0 saturated heterocycles. The molecule has 0 unspecified atom stereocenters. The standard InChI is InChI=1S/C14H9ClN2O3/c15-12-5-9(2-1-8(12)7-16)17-14(20)11-6-10(18)3-4-13(11)19/h1-6,18-19H,(H,17,20). The molecule has 2 rings (SSSR count). The van der Waals surface area contributed by atoms with E-state index in [9.17, 15) is 15.0 Å². The monoisotopic (exact) mass is 288 g/mol. The minimum Gasteiger partial charge on any atom is -0.508 e. The lowest BCUT2D eigenvalue weighted by atomic mass is 10.1. The third kappa shape index (κ3) is 2.82. The van der Waals surface area contributed by atoms with E-state index in [2.05, 4.69) is 5.32 Å². The molecule has 0 atom stereocenters. The van der Waals surface area contributed by atoms with Gasteiger partial charge in [-0.1, -0.05) is 11.6 Å². The number of amides is 1. The molecule has 0 fully saturated rings. The van der Waals surface area contributed by atoms with E-state index in [1.807, 2.05) is 6.07 Å². The number of nitrogens with zero attached hydrogens (tertiary/aromatic N) is 1. The summed E-state index contributed by atoms with van der Waals surface area (Å²) in [4.78, 5) is 12.0. The predicted molar refractivity (Wildman–Crippen MR) is 73.9 cm³/mol. The maximum absolute atomic E-state index is 12.0. The van der Waals surface area contributed by atoms with Gasteiger partial charge in [0.15, 0.2) is 0 Å². The molecule has 0 aliphatic carbocycles. The molecule has 0 saturated carbocycles. The van der Waals surface area contributed by atoms with Gasteiger partial charge in [-0.3, -0.25) is 4.79 Å². The lowest BCUT2D eigenvalue weighted by Gasteiger charge is -2.08. The van der Waals surface area contributed by atoms with Gasteiger partial charge in [-0.25, -0.2) is 0 Å². The molecule has 0 aliphatic heterocycles. The number of rotatable bonds is 2. The third-order valence-corrected chi connectivity index (χ3v) is 2.88. The lowest BCUT2D eigenvalue weighted by molar-refractivity contribution is 0.102. The average Bonchev–Trinajstić information content (AvgIpc) is 2.41. The second-order valence-corrected chi connectivity index (χ2v) is 4.37. The Kier molecular flexibility index (Phi) is 3.78. The minimum atomic E-state index is -0.598. The van der Waals surface area contributed by atoms with Crippen LogP contribution in [0.3, 0.4) is 0 Å². The number of aromatic hydroxyl groups is 2. The summed E-state index contributed by atoms with van der Waals surface area (Å²) in [5.41, 5.74) is 0.608. The SMILES string of the molecule is N#Cc1ccc(NC(=O)c2cc(O)ccc2O)cc1Cl. The second-order valence-electron chi connectivity index (χ2n) is 3.96. The number of carbonyl (C=O) groups is 1. The van der Waals surface area contributed by atoms with Crippen molar-refractivity contribution in [3.05, 3.63) is 52.5 Å². The van der Waals surface area contributed by atoms with Crippen molar-refractivity contribution in [2.75, 3.05) is 5.32 Å². The van der Waals surface area contributed by atoms with E-state index >= 15 is 0 Å². The van der Waals surface area contributed by atoms with Crippen molar-refractivity contribution in [3.8, 4) is 17.6 Å². The van der Waals surface area contributed by atoms with E-state index in [1.54, 1.807) is 0 Å². The van der Waals surface area contributed by atoms with Gasteiger partial charge in [0.25, 0.3) is 5.91 Å². The smallest absolute Gasteiger partial charge is 0.259 e. The Morgan fingerprint density at radius 1 is 1.20 bits per heavy atom. The number of anilines is 1. The van der Waals surface area contributed by atoms with Crippen molar-refractivity contribution in [3.63, 3.8) is 0 Å². The highest BCUT2D eigenvalue weighted by molar-refractivity contribution is 6.32. The largest absolute Gasteiger partial charge is 0.508 e. The first-order valence-electron chi connectivity index (χ1n) is 5.54. The number of hydrogen-bond donors (Lipinski definition) is 3. The van der Waals surface area contributed by atoms with Gasteiger partial charge in [0.05, 0.1) is 16.1 Å². The molecule has 0 aliphatic rings. The van der Waals surface area contributed by atoms with Crippen molar-refractivity contribution in [1.82, 2.24) is 0 Å². The first kappa shape index (κ1) is 13.7. The van der Waals surface area contributed by atoms with Gasteiger partial charge in [0, 0.05) is 5.69 Å². The Bertz CT molecular complexity index is 723. The zero-order valence-corrected chi connectivity index (χ0v) is 10.8. The number of nitriles is 1. The second kappa shape index (κ2) is 5.51. The third-order valence-electron chi connectivity index (χ3n) is 2.57. The number of phenolic OH excluding ortho intramolecular Hbond substituents is 2. The quantitative estimate of drug-likeness (QED) is 0.741. The van der Waals surface area contributed by atoms with Gasteiger partial charge in [0.2, 0.25) is 0 Å². The summed E-state index contributed by atoms with van der Waals surface area (Å²) in [6.07, 6.45) is 0. The summed E-state index contributed by atoms with van der Waals surface area (Å²) < 4.78 is 0. The highest BCUT2D eigenvalue weighted by Gasteiger charge is 2.13. The van der Waals surface area contributed by atoms with Crippen molar-refractivity contribution in [2.24, 2.45) is 0 Å². The molecular weight excluding hydrogens is 280 g/mol. The van der Waals surface area contributed by atoms with Crippen LogP contribution in [-0.4, -0.2) is 16.1 Å². The highest BCUT2D eigenvalue weighted by Crippen LogP contribution is 2.24. The molecule has 1 amide bonds. The van der Waals surface area contributed by atoms with E-state index in [-0.39, 0.29) is 22.1 Å². The fraction of sp³-hybridized carbons (Fsp3) is 0. The molecule has 0 aromatic heterocycles. The average molecular weight is 289 g/mol. The van der Waals surface area contributed by atoms with Crippen LogP contribution >= 0.6 is 11.6 Å². The molecular formula is C14H9ClN2O3. The van der Waals surface area contributed by atoms with Crippen LogP contribution in [0.25, 0.3) is 0 Å². The fourth-order valence-electron chi connectivity index (χ4n) is 1.59. The summed E-state index contributed by atoms with van der Waals surface area (Å²) in [6.45, 7) is 0. The van der Waals surface area contributed by atoms with Crippen molar-refractivity contribution < 1.29 is 15.0 Å². The predicted octanol–water partition coefficient (Wildman–Crippen LogP) is 2.88. The van der Waals surface area contributed by atoms with Crippen LogP contribution in [0.4, 0.5) is 5.69 Å². The lowest BCUT2D eigenvalue weighted by Crippen LogP contribution is -2.12. The van der Waals surface area contributed by atoms with Crippen LogP contribution in [0, 0.1) is 11.3 Å². The molecule has 2 aromatic carbocycles. The van der Waals surface area contributed by atoms with E-state index in [1.165, 1.54) is 30.3 Å². The molecule has 20 heavy (non-hydrogen) atoms. The van der Waals surface area contributed by atoms with E-state index < -0.39 is 5.91 Å². The Balaban J connectivity index is 2.26. The van der Waals surface area contributed by atoms with Crippen molar-refractivity contribution in [2.45, 2.75) is 0 Å². The Hall–Kier alpha value is -2.71. The Labute approximate surface area is 119 Å². The van der Waals surface area contributed by atoms with Crippen molar-refractivity contribution in [1.29, 1.82) is 5.26 Å². The van der Waals surface area contributed by atoms with Crippen LogP contribution in [0.5, 0.6) is 11.5 Å². The number of phenols is 2. The number of halogens is 1. The molecule has 0 radical (unpaired) electrons. The molecule has 100 valence electrons. The zero-order chi connectivity index (χ0) is 14.7. The summed E-state index contributed by atoms with van der Waals surface area (Å²) in [7, 11) is 0. The number of benzene rings is 2. The first-order chi connectivity index (χ1) is 9.51. The number of nitrogens with one attached hydrogen (secondary N) is 1. The van der Waals surface area contributed by atoms with Crippen LogP contribution in [0.1, 0.15) is 15.9 Å². The van der Waals surface area contributed by atoms with Gasteiger partial charge in [-0.2, -0.15) is 5.26 Å². The maximum Gasteiger partial charge on any atom is 0.259 e. The molecule has 0 spiro atoms. The fourth-order valence-corrected chi connectivity index (χ4v) is 1.81. The molecule has 5 nitrogen and oxygen atoms in total. The first-order valence-corrected chi connectivity index (χ1v) is 5.92.